The number of ketones is 1. The Kier molecular flexibility index (Phi) is 22.6. The Morgan fingerprint density at radius 2 is 1.63 bits per heavy atom. The van der Waals surface area contributed by atoms with Crippen molar-refractivity contribution in [2.75, 3.05) is 6.54 Å². The number of hydrogen-bond donors (Lipinski definition) is 0. The smallest absolute Gasteiger partial charge is 0.457 e. The molecule has 2 aliphatic rings. The van der Waals surface area contributed by atoms with Crippen LogP contribution in [0, 0.1) is 24.2 Å². The highest BCUT2D eigenvalue weighted by Gasteiger charge is 2.50. The zero-order valence-electron chi connectivity index (χ0n) is 46.1. The topological polar surface area (TPSA) is 165 Å². The molecule has 2 aliphatic heterocycles. The fourth-order valence-electron chi connectivity index (χ4n) is 9.35. The fraction of sp³-hybridized carbons (Fsp3) is 0.576. The van der Waals surface area contributed by atoms with Crippen LogP contribution in [0.5, 0.6) is 5.75 Å². The van der Waals surface area contributed by atoms with Gasteiger partial charge in [-0.3, -0.25) is 28.9 Å². The summed E-state index contributed by atoms with van der Waals surface area (Å²) >= 11 is 8.18. The van der Waals surface area contributed by atoms with Gasteiger partial charge in [0, 0.05) is 37.0 Å². The minimum Gasteiger partial charge on any atom is -0.457 e. The summed E-state index contributed by atoms with van der Waals surface area (Å²) < 4.78 is 32.0. The normalized spacial score (nSPS) is 21.9. The van der Waals surface area contributed by atoms with Crippen LogP contribution in [0.15, 0.2) is 72.9 Å². The first kappa shape index (κ1) is 60.9. The van der Waals surface area contributed by atoms with Crippen molar-refractivity contribution >= 4 is 77.2 Å². The number of unbranched alkanes of at least 4 members (excludes halogenated alkanes) is 7. The Labute approximate surface area is 455 Å². The molecule has 1 aromatic heterocycles. The molecule has 2 amide bonds. The molecule has 2 aromatic carbocycles. The zero-order valence-corrected chi connectivity index (χ0v) is 48.6. The van der Waals surface area contributed by atoms with Crippen LogP contribution in [0.1, 0.15) is 167 Å². The Morgan fingerprint density at radius 1 is 0.960 bits per heavy atom. The predicted molar refractivity (Wildman–Crippen MR) is 298 cm³/mol. The van der Waals surface area contributed by atoms with E-state index in [1.54, 1.807) is 35.6 Å². The number of imide groups is 1. The van der Waals surface area contributed by atoms with E-state index in [1.165, 1.54) is 17.1 Å². The molecule has 5 rings (SSSR count). The van der Waals surface area contributed by atoms with Crippen molar-refractivity contribution in [2.24, 2.45) is 17.3 Å². The summed E-state index contributed by atoms with van der Waals surface area (Å²) in [7, 11) is -2.61. The molecule has 3 aromatic rings. The van der Waals surface area contributed by atoms with Crippen molar-refractivity contribution in [3.63, 3.8) is 0 Å². The Morgan fingerprint density at radius 3 is 2.28 bits per heavy atom. The van der Waals surface area contributed by atoms with Crippen LogP contribution in [-0.2, 0) is 49.2 Å². The number of cyclic esters (lactones) is 1. The van der Waals surface area contributed by atoms with E-state index >= 15 is 4.79 Å². The molecular formula is C59H81ClN2O11SSi. The van der Waals surface area contributed by atoms with Gasteiger partial charge in [0.2, 0.25) is 0 Å². The first-order valence-electron chi connectivity index (χ1n) is 26.8. The Balaban J connectivity index is 1.23. The Bertz CT molecular complexity index is 2540. The number of Topliss-reactive ketones (excluding diaryl/α,β-unsaturated/α-hetero) is 1. The number of rotatable bonds is 20. The molecule has 0 fully saturated rings. The lowest BCUT2D eigenvalue weighted by Gasteiger charge is -2.45. The summed E-state index contributed by atoms with van der Waals surface area (Å²) in [5.74, 6) is -2.51. The number of carbonyl (C=O) groups excluding carboxylic acids is 6. The van der Waals surface area contributed by atoms with Gasteiger partial charge in [0.15, 0.2) is 8.32 Å². The van der Waals surface area contributed by atoms with Crippen molar-refractivity contribution in [3.05, 3.63) is 94.0 Å². The van der Waals surface area contributed by atoms with E-state index in [0.717, 1.165) is 84.1 Å². The third kappa shape index (κ3) is 17.8. The van der Waals surface area contributed by atoms with Crippen LogP contribution in [0.4, 0.5) is 4.79 Å². The molecule has 75 heavy (non-hydrogen) atoms. The number of aryl methyl sites for hydroxylation is 1. The lowest BCUT2D eigenvalue weighted by atomic mass is 9.71. The third-order valence-corrected chi connectivity index (χ3v) is 20.8. The number of ether oxygens (including phenoxy) is 4. The number of esters is 2. The second-order valence-corrected chi connectivity index (χ2v) is 28.9. The number of amides is 2. The van der Waals surface area contributed by atoms with Gasteiger partial charge in [-0.25, -0.2) is 9.78 Å². The van der Waals surface area contributed by atoms with Crippen molar-refractivity contribution in [2.45, 2.75) is 195 Å². The summed E-state index contributed by atoms with van der Waals surface area (Å²) in [6.45, 7) is 24.5. The number of halogens is 1. The summed E-state index contributed by atoms with van der Waals surface area (Å²) in [5.41, 5.74) is 2.11. The van der Waals surface area contributed by atoms with Crippen LogP contribution in [-0.4, -0.2) is 72.6 Å². The average Bonchev–Trinajstić information content (AvgIpc) is 3.88. The number of benzene rings is 2. The van der Waals surface area contributed by atoms with E-state index in [1.807, 2.05) is 45.9 Å². The van der Waals surface area contributed by atoms with Crippen LogP contribution in [0.2, 0.25) is 23.2 Å². The van der Waals surface area contributed by atoms with Gasteiger partial charge < -0.3 is 23.4 Å². The zero-order chi connectivity index (χ0) is 55.1. The number of carbonyl (C=O) groups is 6. The van der Waals surface area contributed by atoms with E-state index in [9.17, 15) is 24.0 Å². The van der Waals surface area contributed by atoms with Gasteiger partial charge in [0.05, 0.1) is 38.7 Å². The quantitative estimate of drug-likeness (QED) is 0.0263. The van der Waals surface area contributed by atoms with E-state index < -0.39 is 56.1 Å². The summed E-state index contributed by atoms with van der Waals surface area (Å²) in [6, 6.07) is 10.8. The average molecular weight is 1090 g/mol. The number of nitrogens with zero attached hydrogens (tertiary/aromatic N) is 2. The molecule has 0 unspecified atom stereocenters. The number of thiazole rings is 1. The molecule has 0 saturated heterocycles. The van der Waals surface area contributed by atoms with Gasteiger partial charge in [0.1, 0.15) is 30.3 Å². The molecule has 0 radical (unpaired) electrons. The Hall–Kier alpha value is -4.96. The lowest BCUT2D eigenvalue weighted by molar-refractivity contribution is -0.155. The van der Waals surface area contributed by atoms with Gasteiger partial charge in [-0.2, -0.15) is 0 Å². The molecule has 16 heteroatoms. The standard InChI is InChI=1S/C59H81ClN2O11SSi/c1-12-22-44-55(72-57(68)69-38-42-27-30-48(45(60)35-42)71-53(65)25-19-17-15-13-14-16-18-20-34-62-51(63)32-33-52(62)64)40(3)24-21-23-39(2)26-29-47(43-28-31-49-46(36-43)61-41(4)74-49)70-54(66)37-50(59(8,9)56(44)67)73-75(10,11)58(5,6)7/h12,26-28,30-33,35-36,40,44,47,50,55H,1,13-25,29,34,37-38H2,2-11H3/b39-26+/t40-,44+,47-,50-,55-/m0/s1. The van der Waals surface area contributed by atoms with Gasteiger partial charge in [-0.15, -0.1) is 17.9 Å². The highest BCUT2D eigenvalue weighted by molar-refractivity contribution is 7.18. The molecule has 0 N–H and O–H groups in total. The van der Waals surface area contributed by atoms with Gasteiger partial charge in [-0.1, -0.05) is 122 Å². The van der Waals surface area contributed by atoms with E-state index in [0.29, 0.717) is 31.4 Å². The molecule has 3 heterocycles. The molecule has 5 atom stereocenters. The van der Waals surface area contributed by atoms with Crippen molar-refractivity contribution in [3.8, 4) is 5.75 Å². The molecule has 13 nitrogen and oxygen atoms in total. The molecule has 0 aliphatic carbocycles. The maximum atomic E-state index is 15.3. The summed E-state index contributed by atoms with van der Waals surface area (Å²) in [5, 5.41) is 0.892. The van der Waals surface area contributed by atoms with Crippen LogP contribution < -0.4 is 4.74 Å². The first-order chi connectivity index (χ1) is 35.4. The number of hydrogen-bond acceptors (Lipinski definition) is 13. The predicted octanol–water partition coefficient (Wildman–Crippen LogP) is 14.6. The summed E-state index contributed by atoms with van der Waals surface area (Å²) in [4.78, 5) is 85.5. The fourth-order valence-corrected chi connectivity index (χ4v) is 11.8. The van der Waals surface area contributed by atoms with E-state index in [2.05, 4.69) is 53.4 Å². The molecule has 0 saturated carbocycles. The second kappa shape index (κ2) is 27.9. The second-order valence-electron chi connectivity index (χ2n) is 22.5. The van der Waals surface area contributed by atoms with Crippen LogP contribution in [0.25, 0.3) is 10.2 Å². The van der Waals surface area contributed by atoms with Gasteiger partial charge in [-0.05, 0) is 112 Å². The highest BCUT2D eigenvalue weighted by Crippen LogP contribution is 2.43. The summed E-state index contributed by atoms with van der Waals surface area (Å²) in [6.07, 6.45) is 13.3. The lowest BCUT2D eigenvalue weighted by Crippen LogP contribution is -2.53. The van der Waals surface area contributed by atoms with Crippen molar-refractivity contribution in [1.82, 2.24) is 9.88 Å². The van der Waals surface area contributed by atoms with Crippen LogP contribution >= 0.6 is 22.9 Å². The van der Waals surface area contributed by atoms with Gasteiger partial charge >= 0.3 is 18.1 Å². The molecule has 0 bridgehead atoms. The largest absolute Gasteiger partial charge is 0.508 e. The maximum Gasteiger partial charge on any atom is 0.508 e. The van der Waals surface area contributed by atoms with Crippen molar-refractivity contribution in [1.29, 1.82) is 0 Å². The first-order valence-corrected chi connectivity index (χ1v) is 30.9. The SMILES string of the molecule is C=CC[C@H]1C(=O)C(C)(C)[C@@H](O[Si](C)(C)C(C)(C)C)CC(=O)O[C@H](c2ccc3sc(C)nc3c2)C/C=C(\C)CCC[C@H](C)[C@@H]1OC(=O)OCc1ccc(OC(=O)CCCCCCCCCCN2C(=O)C=CC2=O)c(Cl)c1. The molecule has 410 valence electrons. The third-order valence-electron chi connectivity index (χ3n) is 15.0. The number of aromatic nitrogens is 1. The minimum absolute atomic E-state index is 0.175. The highest BCUT2D eigenvalue weighted by atomic mass is 35.5. The van der Waals surface area contributed by atoms with Crippen LogP contribution in [0.3, 0.4) is 0 Å². The van der Waals surface area contributed by atoms with E-state index in [-0.39, 0.29) is 65.2 Å². The minimum atomic E-state index is -2.61. The maximum absolute atomic E-state index is 15.3. The number of allylic oxidation sites excluding steroid dienone is 2. The molecular weight excluding hydrogens is 1010 g/mol. The van der Waals surface area contributed by atoms with Crippen molar-refractivity contribution < 1.29 is 52.1 Å². The van der Waals surface area contributed by atoms with Gasteiger partial charge in [0.25, 0.3) is 11.8 Å². The monoisotopic (exact) mass is 1090 g/mol. The number of fused-ring (bicyclic) bond motifs is 1. The molecule has 0 spiro atoms. The van der Waals surface area contributed by atoms with E-state index in [4.69, 9.17) is 40.0 Å².